The summed E-state index contributed by atoms with van der Waals surface area (Å²) < 4.78 is 5.41. The minimum atomic E-state index is -0.985. The van der Waals surface area contributed by atoms with Gasteiger partial charge in [0.2, 0.25) is 0 Å². The van der Waals surface area contributed by atoms with Gasteiger partial charge in [-0.1, -0.05) is 30.4 Å². The number of methoxy groups -OCH3 is 1. The lowest BCUT2D eigenvalue weighted by atomic mass is 9.85. The number of para-hydroxylation sites is 1. The summed E-state index contributed by atoms with van der Waals surface area (Å²) in [6.45, 7) is 0. The zero-order chi connectivity index (χ0) is 15.6. The highest BCUT2D eigenvalue weighted by Crippen LogP contribution is 2.28. The molecule has 0 aliphatic heterocycles. The summed E-state index contributed by atoms with van der Waals surface area (Å²) in [5.41, 5.74) is -0.282. The molecular weight excluding hydrogens is 278 g/mol. The lowest BCUT2D eigenvalue weighted by Crippen LogP contribution is -2.29. The molecule has 4 nitrogen and oxygen atoms in total. The van der Waals surface area contributed by atoms with Crippen molar-refractivity contribution >= 4 is 10.9 Å². The van der Waals surface area contributed by atoms with Gasteiger partial charge in [0.15, 0.2) is 0 Å². The predicted molar refractivity (Wildman–Crippen MR) is 86.0 cm³/mol. The highest BCUT2D eigenvalue weighted by Gasteiger charge is 2.26. The van der Waals surface area contributed by atoms with Gasteiger partial charge in [-0.15, -0.1) is 0 Å². The predicted octanol–water partition coefficient (Wildman–Crippen LogP) is 2.58. The van der Waals surface area contributed by atoms with Crippen LogP contribution in [0.1, 0.15) is 37.7 Å². The Morgan fingerprint density at radius 2 is 1.95 bits per heavy atom. The van der Waals surface area contributed by atoms with E-state index >= 15 is 0 Å². The Balaban J connectivity index is 2.11. The molecule has 114 valence electrons. The van der Waals surface area contributed by atoms with E-state index in [9.17, 15) is 9.90 Å². The zero-order valence-corrected chi connectivity index (χ0v) is 12.6. The number of benzene rings is 1. The third kappa shape index (κ3) is 2.72. The van der Waals surface area contributed by atoms with Crippen molar-refractivity contribution in [3.63, 3.8) is 0 Å². The highest BCUT2D eigenvalue weighted by molar-refractivity contribution is 5.87. The fraction of sp³-hybridized carbons (Fsp3) is 0.389. The number of hydrogen-bond acceptors (Lipinski definition) is 3. The fourth-order valence-electron chi connectivity index (χ4n) is 2.98. The molecule has 0 bridgehead atoms. The second kappa shape index (κ2) is 5.86. The molecule has 1 fully saturated rings. The molecule has 2 aromatic rings. The molecule has 0 radical (unpaired) electrons. The Morgan fingerprint density at radius 1 is 1.23 bits per heavy atom. The number of fused-ring (bicyclic) bond motifs is 1. The van der Waals surface area contributed by atoms with Crippen LogP contribution in [0.5, 0.6) is 5.75 Å². The van der Waals surface area contributed by atoms with Crippen molar-refractivity contribution in [2.24, 2.45) is 0 Å². The zero-order valence-electron chi connectivity index (χ0n) is 12.6. The molecule has 0 atom stereocenters. The molecule has 1 aliphatic carbocycles. The minimum absolute atomic E-state index is 0.278. The summed E-state index contributed by atoms with van der Waals surface area (Å²) in [6.07, 6.45) is 4.39. The molecular formula is C18H19NO3. The van der Waals surface area contributed by atoms with Gasteiger partial charge in [-0.25, -0.2) is 0 Å². The van der Waals surface area contributed by atoms with E-state index < -0.39 is 5.60 Å². The topological polar surface area (TPSA) is 62.3 Å². The number of aromatic nitrogens is 1. The van der Waals surface area contributed by atoms with E-state index in [1.807, 2.05) is 24.3 Å². The van der Waals surface area contributed by atoms with E-state index in [4.69, 9.17) is 4.74 Å². The normalized spacial score (nSPS) is 16.8. The summed E-state index contributed by atoms with van der Waals surface area (Å²) in [6, 6.07) is 7.44. The van der Waals surface area contributed by atoms with Gasteiger partial charge in [0.25, 0.3) is 5.56 Å². The number of ether oxygens (including phenoxy) is 1. The van der Waals surface area contributed by atoms with Crippen LogP contribution in [-0.2, 0) is 0 Å². The lowest BCUT2D eigenvalue weighted by Gasteiger charge is -2.26. The quantitative estimate of drug-likeness (QED) is 0.795. The number of hydrogen-bond donors (Lipinski definition) is 2. The minimum Gasteiger partial charge on any atom is -0.495 e. The molecule has 0 amide bonds. The fourth-order valence-corrected chi connectivity index (χ4v) is 2.98. The van der Waals surface area contributed by atoms with Crippen LogP contribution >= 0.6 is 0 Å². The first-order chi connectivity index (χ1) is 10.6. The monoisotopic (exact) mass is 297 g/mol. The van der Waals surface area contributed by atoms with Gasteiger partial charge >= 0.3 is 0 Å². The Morgan fingerprint density at radius 3 is 2.68 bits per heavy atom. The largest absolute Gasteiger partial charge is 0.495 e. The number of rotatable bonds is 1. The van der Waals surface area contributed by atoms with Crippen LogP contribution in [0.3, 0.4) is 0 Å². The third-order valence-electron chi connectivity index (χ3n) is 4.18. The maximum absolute atomic E-state index is 12.3. The average molecular weight is 297 g/mol. The molecule has 4 heteroatoms. The number of aromatic amines is 1. The second-order valence-electron chi connectivity index (χ2n) is 5.75. The SMILES string of the molecule is COc1c(C#CC2(O)CCCCC2)c(=O)[nH]c2ccccc12. The molecule has 1 aromatic heterocycles. The van der Waals surface area contributed by atoms with Gasteiger partial charge in [0.05, 0.1) is 12.6 Å². The van der Waals surface area contributed by atoms with Crippen LogP contribution < -0.4 is 10.3 Å². The molecule has 1 saturated carbocycles. The van der Waals surface area contributed by atoms with Crippen LogP contribution in [0.4, 0.5) is 0 Å². The third-order valence-corrected chi connectivity index (χ3v) is 4.18. The first-order valence-electron chi connectivity index (χ1n) is 7.57. The maximum Gasteiger partial charge on any atom is 0.268 e. The van der Waals surface area contributed by atoms with Crippen LogP contribution in [0.2, 0.25) is 0 Å². The molecule has 0 saturated heterocycles. The van der Waals surface area contributed by atoms with Crippen LogP contribution in [0, 0.1) is 11.8 Å². The van der Waals surface area contributed by atoms with Gasteiger partial charge in [-0.2, -0.15) is 0 Å². The molecule has 3 rings (SSSR count). The molecule has 0 unspecified atom stereocenters. The number of nitrogens with one attached hydrogen (secondary N) is 1. The first kappa shape index (κ1) is 14.7. The van der Waals surface area contributed by atoms with Crippen molar-refractivity contribution in [1.82, 2.24) is 4.98 Å². The summed E-state index contributed by atoms with van der Waals surface area (Å²) in [5, 5.41) is 11.3. The van der Waals surface area contributed by atoms with E-state index in [1.54, 1.807) is 0 Å². The first-order valence-corrected chi connectivity index (χ1v) is 7.57. The Kier molecular flexibility index (Phi) is 3.91. The van der Waals surface area contributed by atoms with Crippen LogP contribution in [0.15, 0.2) is 29.1 Å². The van der Waals surface area contributed by atoms with Crippen molar-refractivity contribution < 1.29 is 9.84 Å². The van der Waals surface area contributed by atoms with Crippen molar-refractivity contribution in [3.8, 4) is 17.6 Å². The maximum atomic E-state index is 12.3. The highest BCUT2D eigenvalue weighted by atomic mass is 16.5. The van der Waals surface area contributed by atoms with Crippen molar-refractivity contribution in [1.29, 1.82) is 0 Å². The molecule has 22 heavy (non-hydrogen) atoms. The molecule has 2 N–H and O–H groups in total. The lowest BCUT2D eigenvalue weighted by molar-refractivity contribution is 0.0610. The number of pyridine rings is 1. The number of H-pyrrole nitrogens is 1. The Labute approximate surface area is 129 Å². The number of aliphatic hydroxyl groups is 1. The summed E-state index contributed by atoms with van der Waals surface area (Å²) >= 11 is 0. The van der Waals surface area contributed by atoms with Crippen molar-refractivity contribution in [2.45, 2.75) is 37.7 Å². The van der Waals surface area contributed by atoms with Gasteiger partial charge in [-0.3, -0.25) is 4.79 Å². The van der Waals surface area contributed by atoms with E-state index in [-0.39, 0.29) is 11.1 Å². The van der Waals surface area contributed by atoms with Crippen molar-refractivity contribution in [2.75, 3.05) is 7.11 Å². The van der Waals surface area contributed by atoms with Gasteiger partial charge in [0.1, 0.15) is 16.9 Å². The van der Waals surface area contributed by atoms with E-state index in [2.05, 4.69) is 16.8 Å². The summed E-state index contributed by atoms with van der Waals surface area (Å²) in [7, 11) is 1.53. The molecule has 0 spiro atoms. The standard InChI is InChI=1S/C18H19NO3/c1-22-16-13-7-3-4-8-15(13)19-17(20)14(16)9-12-18(21)10-5-2-6-11-18/h3-4,7-8,21H,2,5-6,10-11H2,1H3,(H,19,20). The molecule has 1 aromatic carbocycles. The molecule has 1 heterocycles. The second-order valence-corrected chi connectivity index (χ2v) is 5.75. The average Bonchev–Trinajstić information content (AvgIpc) is 2.53. The smallest absolute Gasteiger partial charge is 0.268 e. The summed E-state index contributed by atoms with van der Waals surface area (Å²) in [5.74, 6) is 6.23. The Hall–Kier alpha value is -2.25. The van der Waals surface area contributed by atoms with E-state index in [0.29, 0.717) is 24.1 Å². The van der Waals surface area contributed by atoms with Gasteiger partial charge < -0.3 is 14.8 Å². The van der Waals surface area contributed by atoms with E-state index in [0.717, 1.165) is 24.6 Å². The van der Waals surface area contributed by atoms with Crippen LogP contribution in [-0.4, -0.2) is 22.8 Å². The van der Waals surface area contributed by atoms with Gasteiger partial charge in [-0.05, 0) is 37.8 Å². The van der Waals surface area contributed by atoms with E-state index in [1.165, 1.54) is 7.11 Å². The summed E-state index contributed by atoms with van der Waals surface area (Å²) in [4.78, 5) is 15.1. The van der Waals surface area contributed by atoms with Gasteiger partial charge in [0, 0.05) is 5.39 Å². The Bertz CT molecular complexity index is 804. The molecule has 1 aliphatic rings. The van der Waals surface area contributed by atoms with Crippen molar-refractivity contribution in [3.05, 3.63) is 40.2 Å². The van der Waals surface area contributed by atoms with Crippen LogP contribution in [0.25, 0.3) is 10.9 Å².